The Bertz CT molecular complexity index is 1210. The predicted octanol–water partition coefficient (Wildman–Crippen LogP) is 3.92. The van der Waals surface area contributed by atoms with E-state index in [4.69, 9.17) is 11.6 Å². The molecule has 2 N–H and O–H groups in total. The number of thioether (sulfide) groups is 1. The van der Waals surface area contributed by atoms with Gasteiger partial charge in [0.25, 0.3) is 5.56 Å². The highest BCUT2D eigenvalue weighted by Crippen LogP contribution is 2.21. The van der Waals surface area contributed by atoms with E-state index in [-0.39, 0.29) is 29.7 Å². The van der Waals surface area contributed by atoms with Crippen LogP contribution in [0.4, 0.5) is 5.69 Å². The molecule has 0 aliphatic carbocycles. The van der Waals surface area contributed by atoms with Crippen LogP contribution in [0.15, 0.2) is 46.3 Å². The Morgan fingerprint density at radius 1 is 1.12 bits per heavy atom. The highest BCUT2D eigenvalue weighted by atomic mass is 35.5. The fourth-order valence-corrected chi connectivity index (χ4v) is 4.28. The largest absolute Gasteiger partial charge is 0.346 e. The number of nitrogens with one attached hydrogen (secondary N) is 2. The zero-order valence-corrected chi connectivity index (χ0v) is 19.8. The molecule has 0 radical (unpaired) electrons. The Morgan fingerprint density at radius 3 is 2.53 bits per heavy atom. The minimum absolute atomic E-state index is 0.0267. The monoisotopic (exact) mass is 472 g/mol. The van der Waals surface area contributed by atoms with Crippen LogP contribution < -0.4 is 16.2 Å². The number of para-hydroxylation sites is 1. The SMILES string of the molecule is CCCn1c(SCC(=O)NCC(=O)Nc2c(C)cccc2C)nc2cc(Cl)ccc2c1=O. The van der Waals surface area contributed by atoms with Crippen LogP contribution in [-0.4, -0.2) is 33.7 Å². The summed E-state index contributed by atoms with van der Waals surface area (Å²) in [4.78, 5) is 42.0. The number of aryl methyl sites for hydroxylation is 2. The first kappa shape index (κ1) is 23.8. The Balaban J connectivity index is 1.64. The topological polar surface area (TPSA) is 93.1 Å². The molecule has 1 heterocycles. The van der Waals surface area contributed by atoms with Crippen molar-refractivity contribution in [2.45, 2.75) is 38.9 Å². The van der Waals surface area contributed by atoms with Crippen LogP contribution in [0.2, 0.25) is 5.02 Å². The van der Waals surface area contributed by atoms with E-state index in [9.17, 15) is 14.4 Å². The zero-order chi connectivity index (χ0) is 23.3. The maximum Gasteiger partial charge on any atom is 0.262 e. The summed E-state index contributed by atoms with van der Waals surface area (Å²) in [6.07, 6.45) is 0.749. The van der Waals surface area contributed by atoms with Gasteiger partial charge in [-0.1, -0.05) is 48.5 Å². The molecule has 168 valence electrons. The van der Waals surface area contributed by atoms with Gasteiger partial charge in [-0.2, -0.15) is 0 Å². The molecule has 0 aliphatic heterocycles. The van der Waals surface area contributed by atoms with Crippen LogP contribution in [0.1, 0.15) is 24.5 Å². The van der Waals surface area contributed by atoms with Gasteiger partial charge in [0.1, 0.15) is 0 Å². The molecule has 3 aromatic rings. The predicted molar refractivity (Wildman–Crippen MR) is 130 cm³/mol. The van der Waals surface area contributed by atoms with Crippen molar-refractivity contribution in [3.05, 3.63) is 62.9 Å². The molecule has 2 aromatic carbocycles. The first-order chi connectivity index (χ1) is 15.3. The fourth-order valence-electron chi connectivity index (χ4n) is 3.26. The molecule has 0 spiro atoms. The number of hydrogen-bond acceptors (Lipinski definition) is 5. The van der Waals surface area contributed by atoms with Gasteiger partial charge in [-0.15, -0.1) is 0 Å². The molecule has 0 saturated carbocycles. The van der Waals surface area contributed by atoms with Crippen LogP contribution in [0, 0.1) is 13.8 Å². The number of carbonyl (C=O) groups excluding carboxylic acids is 2. The van der Waals surface area contributed by atoms with E-state index < -0.39 is 0 Å². The maximum absolute atomic E-state index is 12.9. The first-order valence-corrected chi connectivity index (χ1v) is 11.6. The second kappa shape index (κ2) is 10.7. The summed E-state index contributed by atoms with van der Waals surface area (Å²) in [5, 5.41) is 6.87. The molecule has 0 unspecified atom stereocenters. The molecule has 9 heteroatoms. The van der Waals surface area contributed by atoms with Crippen molar-refractivity contribution >= 4 is 51.8 Å². The van der Waals surface area contributed by atoms with Gasteiger partial charge in [0, 0.05) is 17.3 Å². The molecular formula is C23H25ClN4O3S. The number of halogens is 1. The highest BCUT2D eigenvalue weighted by Gasteiger charge is 2.14. The van der Waals surface area contributed by atoms with Gasteiger partial charge in [-0.05, 0) is 49.6 Å². The summed E-state index contributed by atoms with van der Waals surface area (Å²) < 4.78 is 1.57. The number of carbonyl (C=O) groups is 2. The number of benzene rings is 2. The van der Waals surface area contributed by atoms with Crippen LogP contribution in [0.25, 0.3) is 10.9 Å². The molecule has 0 aliphatic rings. The quantitative estimate of drug-likeness (QED) is 0.383. The van der Waals surface area contributed by atoms with Crippen molar-refractivity contribution in [1.29, 1.82) is 0 Å². The van der Waals surface area contributed by atoms with Gasteiger partial charge >= 0.3 is 0 Å². The third-order valence-electron chi connectivity index (χ3n) is 4.85. The Morgan fingerprint density at radius 2 is 1.84 bits per heavy atom. The van der Waals surface area contributed by atoms with E-state index in [1.807, 2.05) is 39.0 Å². The van der Waals surface area contributed by atoms with Gasteiger partial charge in [0.15, 0.2) is 5.16 Å². The number of amides is 2. The molecule has 0 fully saturated rings. The minimum Gasteiger partial charge on any atom is -0.346 e. The molecule has 32 heavy (non-hydrogen) atoms. The van der Waals surface area contributed by atoms with Crippen LogP contribution in [0.5, 0.6) is 0 Å². The van der Waals surface area contributed by atoms with Crippen molar-refractivity contribution < 1.29 is 9.59 Å². The van der Waals surface area contributed by atoms with E-state index in [1.54, 1.807) is 22.8 Å². The van der Waals surface area contributed by atoms with E-state index in [0.29, 0.717) is 27.6 Å². The summed E-state index contributed by atoms with van der Waals surface area (Å²) >= 11 is 7.20. The van der Waals surface area contributed by atoms with Gasteiger partial charge in [-0.25, -0.2) is 4.98 Å². The number of hydrogen-bond donors (Lipinski definition) is 2. The maximum atomic E-state index is 12.9. The van der Waals surface area contributed by atoms with E-state index >= 15 is 0 Å². The fraction of sp³-hybridized carbons (Fsp3) is 0.304. The average Bonchev–Trinajstić information content (AvgIpc) is 2.75. The average molecular weight is 473 g/mol. The highest BCUT2D eigenvalue weighted by molar-refractivity contribution is 7.99. The lowest BCUT2D eigenvalue weighted by atomic mass is 10.1. The van der Waals surface area contributed by atoms with Crippen molar-refractivity contribution in [1.82, 2.24) is 14.9 Å². The van der Waals surface area contributed by atoms with Crippen LogP contribution in [0.3, 0.4) is 0 Å². The molecule has 3 rings (SSSR count). The van der Waals surface area contributed by atoms with Gasteiger partial charge < -0.3 is 10.6 Å². The van der Waals surface area contributed by atoms with Crippen molar-refractivity contribution in [2.24, 2.45) is 0 Å². The van der Waals surface area contributed by atoms with Crippen LogP contribution >= 0.6 is 23.4 Å². The molecule has 7 nitrogen and oxygen atoms in total. The lowest BCUT2D eigenvalue weighted by Gasteiger charge is -2.13. The molecule has 0 saturated heterocycles. The second-order valence-electron chi connectivity index (χ2n) is 7.39. The zero-order valence-electron chi connectivity index (χ0n) is 18.2. The lowest BCUT2D eigenvalue weighted by Crippen LogP contribution is -2.34. The first-order valence-electron chi connectivity index (χ1n) is 10.3. The Labute approximate surface area is 195 Å². The standard InChI is InChI=1S/C23H25ClN4O3S/c1-4-10-28-22(31)17-9-8-16(24)11-18(17)26-23(28)32-13-20(30)25-12-19(29)27-21-14(2)6-5-7-15(21)3/h5-9,11H,4,10,12-13H2,1-3H3,(H,25,30)(H,27,29). The third-order valence-corrected chi connectivity index (χ3v) is 6.07. The smallest absolute Gasteiger partial charge is 0.262 e. The van der Waals surface area contributed by atoms with Gasteiger partial charge in [0.2, 0.25) is 11.8 Å². The summed E-state index contributed by atoms with van der Waals surface area (Å²) in [5.41, 5.74) is 2.99. The van der Waals surface area contributed by atoms with Crippen molar-refractivity contribution in [3.63, 3.8) is 0 Å². The second-order valence-corrected chi connectivity index (χ2v) is 8.77. The molecule has 0 atom stereocenters. The minimum atomic E-state index is -0.324. The molecule has 0 bridgehead atoms. The molecule has 2 amide bonds. The summed E-state index contributed by atoms with van der Waals surface area (Å²) in [5.74, 6) is -0.601. The molecular weight excluding hydrogens is 448 g/mol. The van der Waals surface area contributed by atoms with Crippen molar-refractivity contribution in [3.8, 4) is 0 Å². The lowest BCUT2D eigenvalue weighted by molar-refractivity contribution is -0.122. The Kier molecular flexibility index (Phi) is 7.93. The number of nitrogens with zero attached hydrogens (tertiary/aromatic N) is 2. The number of rotatable bonds is 8. The summed E-state index contributed by atoms with van der Waals surface area (Å²) in [6.45, 7) is 6.14. The van der Waals surface area contributed by atoms with Gasteiger partial charge in [-0.3, -0.25) is 19.0 Å². The number of anilines is 1. The number of fused-ring (bicyclic) bond motifs is 1. The summed E-state index contributed by atoms with van der Waals surface area (Å²) in [7, 11) is 0. The van der Waals surface area contributed by atoms with E-state index in [2.05, 4.69) is 15.6 Å². The Hall–Kier alpha value is -2.84. The van der Waals surface area contributed by atoms with E-state index in [1.165, 1.54) is 0 Å². The number of aromatic nitrogens is 2. The van der Waals surface area contributed by atoms with Gasteiger partial charge in [0.05, 0.1) is 23.2 Å². The normalized spacial score (nSPS) is 10.9. The summed E-state index contributed by atoms with van der Waals surface area (Å²) in [6, 6.07) is 10.7. The van der Waals surface area contributed by atoms with E-state index in [0.717, 1.165) is 35.0 Å². The molecule has 1 aromatic heterocycles. The van der Waals surface area contributed by atoms with Crippen molar-refractivity contribution in [2.75, 3.05) is 17.6 Å². The van der Waals surface area contributed by atoms with Crippen LogP contribution in [-0.2, 0) is 16.1 Å². The third kappa shape index (κ3) is 5.69.